The van der Waals surface area contributed by atoms with Crippen molar-refractivity contribution in [3.05, 3.63) is 52.0 Å². The molecule has 1 aromatic carbocycles. The Morgan fingerprint density at radius 3 is 2.71 bits per heavy atom. The van der Waals surface area contributed by atoms with Gasteiger partial charge in [-0.3, -0.25) is 9.59 Å². The average molecular weight is 305 g/mol. The molecule has 0 saturated heterocycles. The molecule has 3 N–H and O–H groups in total. The van der Waals surface area contributed by atoms with Gasteiger partial charge in [-0.05, 0) is 5.56 Å². The maximum absolute atomic E-state index is 12.1. The number of rotatable bonds is 6. The van der Waals surface area contributed by atoms with Crippen LogP contribution in [0.4, 0.5) is 0 Å². The molecule has 0 spiro atoms. The molecule has 0 radical (unpaired) electrons. The third kappa shape index (κ3) is 3.87. The highest BCUT2D eigenvalue weighted by Gasteiger charge is 2.22. The van der Waals surface area contributed by atoms with Gasteiger partial charge in [0.15, 0.2) is 0 Å². The lowest BCUT2D eigenvalue weighted by atomic mass is 10.1. The minimum Gasteiger partial charge on any atom is -0.378 e. The number of hydrogen-bond donors (Lipinski definition) is 2. The van der Waals surface area contributed by atoms with Crippen molar-refractivity contribution in [1.29, 1.82) is 0 Å². The highest BCUT2D eigenvalue weighted by Crippen LogP contribution is 2.15. The number of carbonyl (C=O) groups is 2. The van der Waals surface area contributed by atoms with Gasteiger partial charge in [-0.25, -0.2) is 4.98 Å². The Hall–Kier alpha value is -2.25. The quantitative estimate of drug-likeness (QED) is 0.839. The van der Waals surface area contributed by atoms with E-state index in [-0.39, 0.29) is 5.69 Å². The lowest BCUT2D eigenvalue weighted by molar-refractivity contribution is -0.120. The zero-order valence-electron chi connectivity index (χ0n) is 11.4. The number of nitrogens with zero attached hydrogens (tertiary/aromatic N) is 1. The molecule has 7 heteroatoms. The van der Waals surface area contributed by atoms with Crippen molar-refractivity contribution in [3.8, 4) is 0 Å². The number of methoxy groups -OCH3 is 1. The lowest BCUT2D eigenvalue weighted by Crippen LogP contribution is -2.37. The molecule has 0 bridgehead atoms. The molecule has 2 amide bonds. The fourth-order valence-corrected chi connectivity index (χ4v) is 2.52. The van der Waals surface area contributed by atoms with E-state index in [2.05, 4.69) is 10.3 Å². The summed E-state index contributed by atoms with van der Waals surface area (Å²) in [4.78, 5) is 27.8. The van der Waals surface area contributed by atoms with Gasteiger partial charge in [-0.2, -0.15) is 0 Å². The Morgan fingerprint density at radius 1 is 1.38 bits per heavy atom. The number of benzene rings is 1. The van der Waals surface area contributed by atoms with Gasteiger partial charge in [0.25, 0.3) is 5.91 Å². The summed E-state index contributed by atoms with van der Waals surface area (Å²) in [7, 11) is 1.56. The maximum Gasteiger partial charge on any atom is 0.271 e. The number of ether oxygens (including phenoxy) is 1. The molecule has 1 atom stereocenters. The first kappa shape index (κ1) is 15.1. The van der Waals surface area contributed by atoms with E-state index in [0.717, 1.165) is 0 Å². The molecular weight excluding hydrogens is 290 g/mol. The topological polar surface area (TPSA) is 94.3 Å². The van der Waals surface area contributed by atoms with Crippen molar-refractivity contribution in [2.75, 3.05) is 7.11 Å². The van der Waals surface area contributed by atoms with Crippen LogP contribution in [-0.4, -0.2) is 23.9 Å². The first-order chi connectivity index (χ1) is 10.1. The molecule has 0 aliphatic heterocycles. The molecule has 6 nitrogen and oxygen atoms in total. The third-order valence-electron chi connectivity index (χ3n) is 2.75. The van der Waals surface area contributed by atoms with E-state index in [0.29, 0.717) is 17.2 Å². The molecule has 1 aromatic heterocycles. The van der Waals surface area contributed by atoms with Crippen molar-refractivity contribution >= 4 is 23.2 Å². The summed E-state index contributed by atoms with van der Waals surface area (Å²) >= 11 is 1.32. The van der Waals surface area contributed by atoms with Crippen molar-refractivity contribution < 1.29 is 14.3 Å². The van der Waals surface area contributed by atoms with Crippen LogP contribution in [0.25, 0.3) is 0 Å². The van der Waals surface area contributed by atoms with E-state index in [9.17, 15) is 9.59 Å². The molecule has 0 aliphatic carbocycles. The molecule has 0 fully saturated rings. The summed E-state index contributed by atoms with van der Waals surface area (Å²) in [5.41, 5.74) is 6.23. The van der Waals surface area contributed by atoms with Gasteiger partial charge in [0.1, 0.15) is 16.7 Å². The van der Waals surface area contributed by atoms with E-state index < -0.39 is 17.9 Å². The molecule has 0 aliphatic rings. The van der Waals surface area contributed by atoms with Gasteiger partial charge in [0.2, 0.25) is 5.91 Å². The standard InChI is InChI=1S/C14H15N3O3S/c1-20-7-11-16-10(8-21-11)14(19)17-12(13(15)18)9-5-3-2-4-6-9/h2-6,8,12H,7H2,1H3,(H2,15,18)(H,17,19)/t12-/m0/s1. The van der Waals surface area contributed by atoms with Crippen molar-refractivity contribution in [3.63, 3.8) is 0 Å². The maximum atomic E-state index is 12.1. The molecule has 0 saturated carbocycles. The molecule has 2 aromatic rings. The molecule has 1 heterocycles. The summed E-state index contributed by atoms with van der Waals surface area (Å²) in [5.74, 6) is -1.07. The second-order valence-corrected chi connectivity index (χ2v) is 5.22. The van der Waals surface area contributed by atoms with Crippen LogP contribution in [0.5, 0.6) is 0 Å². The monoisotopic (exact) mass is 305 g/mol. The molecule has 21 heavy (non-hydrogen) atoms. The highest BCUT2D eigenvalue weighted by atomic mass is 32.1. The van der Waals surface area contributed by atoms with Crippen molar-refractivity contribution in [2.45, 2.75) is 12.6 Å². The zero-order chi connectivity index (χ0) is 15.2. The summed E-state index contributed by atoms with van der Waals surface area (Å²) in [6.45, 7) is 0.343. The third-order valence-corrected chi connectivity index (χ3v) is 3.57. The Bertz CT molecular complexity index is 627. The minimum absolute atomic E-state index is 0.245. The number of thiazole rings is 1. The van der Waals surface area contributed by atoms with Gasteiger partial charge in [-0.15, -0.1) is 11.3 Å². The second-order valence-electron chi connectivity index (χ2n) is 4.28. The Morgan fingerprint density at radius 2 is 2.10 bits per heavy atom. The van der Waals surface area contributed by atoms with E-state index in [4.69, 9.17) is 10.5 Å². The highest BCUT2D eigenvalue weighted by molar-refractivity contribution is 7.09. The predicted molar refractivity (Wildman–Crippen MR) is 78.7 cm³/mol. The van der Waals surface area contributed by atoms with Gasteiger partial charge in [0, 0.05) is 12.5 Å². The smallest absolute Gasteiger partial charge is 0.271 e. The zero-order valence-corrected chi connectivity index (χ0v) is 12.2. The van der Waals surface area contributed by atoms with E-state index in [1.165, 1.54) is 11.3 Å². The van der Waals surface area contributed by atoms with Gasteiger partial charge in [-0.1, -0.05) is 30.3 Å². The summed E-state index contributed by atoms with van der Waals surface area (Å²) < 4.78 is 4.95. The Balaban J connectivity index is 2.13. The van der Waals surface area contributed by atoms with E-state index in [1.54, 1.807) is 36.8 Å². The van der Waals surface area contributed by atoms with Gasteiger partial charge < -0.3 is 15.8 Å². The number of aromatic nitrogens is 1. The first-order valence-corrected chi connectivity index (χ1v) is 7.08. The summed E-state index contributed by atoms with van der Waals surface area (Å²) in [6, 6.07) is 7.95. The SMILES string of the molecule is COCc1nc(C(=O)N[C@H](C(N)=O)c2ccccc2)cs1. The molecule has 110 valence electrons. The first-order valence-electron chi connectivity index (χ1n) is 6.20. The van der Waals surface area contributed by atoms with Crippen molar-refractivity contribution in [2.24, 2.45) is 5.73 Å². The number of nitrogens with two attached hydrogens (primary N) is 1. The van der Waals surface area contributed by atoms with Crippen LogP contribution in [0.15, 0.2) is 35.7 Å². The van der Waals surface area contributed by atoms with Crippen LogP contribution >= 0.6 is 11.3 Å². The number of hydrogen-bond acceptors (Lipinski definition) is 5. The number of primary amides is 1. The number of nitrogens with one attached hydrogen (secondary N) is 1. The number of amides is 2. The van der Waals surface area contributed by atoms with Crippen molar-refractivity contribution in [1.82, 2.24) is 10.3 Å². The van der Waals surface area contributed by atoms with Crippen LogP contribution in [0.2, 0.25) is 0 Å². The summed E-state index contributed by atoms with van der Waals surface area (Å²) in [6.07, 6.45) is 0. The van der Waals surface area contributed by atoms with Gasteiger partial charge in [0.05, 0.1) is 6.61 Å². The lowest BCUT2D eigenvalue weighted by Gasteiger charge is -2.14. The van der Waals surface area contributed by atoms with Crippen LogP contribution in [-0.2, 0) is 16.1 Å². The largest absolute Gasteiger partial charge is 0.378 e. The van der Waals surface area contributed by atoms with E-state index in [1.807, 2.05) is 6.07 Å². The average Bonchev–Trinajstić information content (AvgIpc) is 2.94. The minimum atomic E-state index is -0.883. The molecule has 2 rings (SSSR count). The molecule has 0 unspecified atom stereocenters. The van der Waals surface area contributed by atoms with Crippen LogP contribution < -0.4 is 11.1 Å². The normalized spacial score (nSPS) is 11.9. The predicted octanol–water partition coefficient (Wildman–Crippen LogP) is 1.25. The van der Waals surface area contributed by atoms with Gasteiger partial charge >= 0.3 is 0 Å². The Kier molecular flexibility index (Phi) is 5.02. The van der Waals surface area contributed by atoms with Crippen LogP contribution in [0, 0.1) is 0 Å². The Labute approximate surface area is 125 Å². The second kappa shape index (κ2) is 6.96. The van der Waals surface area contributed by atoms with Crippen LogP contribution in [0.1, 0.15) is 27.1 Å². The van der Waals surface area contributed by atoms with E-state index >= 15 is 0 Å². The fraction of sp³-hybridized carbons (Fsp3) is 0.214. The fourth-order valence-electron chi connectivity index (χ4n) is 1.77. The number of carbonyl (C=O) groups excluding carboxylic acids is 2. The molecular formula is C14H15N3O3S. The van der Waals surface area contributed by atoms with Crippen LogP contribution in [0.3, 0.4) is 0 Å². The summed E-state index contributed by atoms with van der Waals surface area (Å²) in [5, 5.41) is 4.90.